The summed E-state index contributed by atoms with van der Waals surface area (Å²) in [7, 11) is -3.80. The third-order valence-corrected chi connectivity index (χ3v) is 4.99. The van der Waals surface area contributed by atoms with Crippen molar-refractivity contribution in [3.63, 3.8) is 0 Å². The predicted molar refractivity (Wildman–Crippen MR) is 87.6 cm³/mol. The molecule has 2 aromatic rings. The summed E-state index contributed by atoms with van der Waals surface area (Å²) in [5.74, 6) is -0.937. The molecule has 0 fully saturated rings. The van der Waals surface area contributed by atoms with E-state index < -0.39 is 15.9 Å². The number of nitrogens with zero attached hydrogens (tertiary/aromatic N) is 2. The van der Waals surface area contributed by atoms with Gasteiger partial charge in [-0.15, -0.1) is 0 Å². The van der Waals surface area contributed by atoms with Crippen LogP contribution in [0.3, 0.4) is 0 Å². The average Bonchev–Trinajstić information content (AvgIpc) is 3.14. The van der Waals surface area contributed by atoms with Gasteiger partial charge in [0, 0.05) is 12.2 Å². The molecule has 1 aromatic carbocycles. The van der Waals surface area contributed by atoms with Crippen molar-refractivity contribution >= 4 is 15.9 Å². The Labute approximate surface area is 140 Å². The molecule has 0 atom stereocenters. The van der Waals surface area contributed by atoms with Crippen LogP contribution in [-0.4, -0.2) is 24.1 Å². The first kappa shape index (κ1) is 16.7. The van der Waals surface area contributed by atoms with Crippen LogP contribution in [0.4, 0.5) is 0 Å². The maximum atomic E-state index is 12.3. The van der Waals surface area contributed by atoms with Gasteiger partial charge in [0.05, 0.1) is 19.0 Å². The molecule has 1 amide bonds. The van der Waals surface area contributed by atoms with Gasteiger partial charge in [0.15, 0.2) is 0 Å². The van der Waals surface area contributed by atoms with Gasteiger partial charge in [-0.25, -0.2) is 13.1 Å². The first-order valence-corrected chi connectivity index (χ1v) is 9.28. The smallest absolute Gasteiger partial charge is 0.283 e. The zero-order chi connectivity index (χ0) is 17.3. The molecule has 0 aliphatic carbocycles. The molecule has 0 saturated heterocycles. The van der Waals surface area contributed by atoms with Crippen LogP contribution in [0.5, 0.6) is 0 Å². The van der Waals surface area contributed by atoms with Gasteiger partial charge in [-0.05, 0) is 36.6 Å². The van der Waals surface area contributed by atoms with E-state index in [0.717, 1.165) is 11.1 Å². The number of benzene rings is 1. The first-order chi connectivity index (χ1) is 11.4. The van der Waals surface area contributed by atoms with Gasteiger partial charge in [-0.1, -0.05) is 18.2 Å². The second kappa shape index (κ2) is 6.37. The number of ether oxygens (including phenoxy) is 1. The van der Waals surface area contributed by atoms with Gasteiger partial charge < -0.3 is 4.74 Å². The Morgan fingerprint density at radius 1 is 1.29 bits per heavy atom. The average molecular weight is 349 g/mol. The summed E-state index contributed by atoms with van der Waals surface area (Å²) in [6, 6.07) is 6.88. The van der Waals surface area contributed by atoms with E-state index in [4.69, 9.17) is 4.74 Å². The fourth-order valence-electron chi connectivity index (χ4n) is 2.67. The molecule has 0 unspecified atom stereocenters. The standard InChI is InChI=1S/C16H19N3O4S/c1-11(2)19-15(5-6-17-19)16(20)18-24(21,22)10-12-3-4-13-8-23-9-14(13)7-12/h3-7,11H,8-10H2,1-2H3,(H,18,20). The maximum Gasteiger partial charge on any atom is 0.283 e. The fraction of sp³-hybridized carbons (Fsp3) is 0.375. The number of aromatic nitrogens is 2. The van der Waals surface area contributed by atoms with Crippen LogP contribution < -0.4 is 4.72 Å². The number of sulfonamides is 1. The molecule has 24 heavy (non-hydrogen) atoms. The molecule has 0 radical (unpaired) electrons. The van der Waals surface area contributed by atoms with Gasteiger partial charge in [0.25, 0.3) is 5.91 Å². The van der Waals surface area contributed by atoms with Gasteiger partial charge in [0.2, 0.25) is 10.0 Å². The number of hydrogen-bond donors (Lipinski definition) is 1. The van der Waals surface area contributed by atoms with E-state index >= 15 is 0 Å². The molecule has 8 heteroatoms. The van der Waals surface area contributed by atoms with Gasteiger partial charge in [-0.3, -0.25) is 9.48 Å². The highest BCUT2D eigenvalue weighted by atomic mass is 32.2. The molecule has 2 heterocycles. The number of rotatable bonds is 5. The first-order valence-electron chi connectivity index (χ1n) is 7.62. The Bertz CT molecular complexity index is 871. The molecule has 3 rings (SSSR count). The molecular formula is C16H19N3O4S. The number of hydrogen-bond acceptors (Lipinski definition) is 5. The van der Waals surface area contributed by atoms with Gasteiger partial charge in [-0.2, -0.15) is 5.10 Å². The number of nitrogens with one attached hydrogen (secondary N) is 1. The van der Waals surface area contributed by atoms with E-state index in [1.54, 1.807) is 6.07 Å². The minimum atomic E-state index is -3.80. The molecule has 1 aliphatic rings. The van der Waals surface area contributed by atoms with E-state index in [2.05, 4.69) is 9.82 Å². The lowest BCUT2D eigenvalue weighted by molar-refractivity contribution is 0.0969. The van der Waals surface area contributed by atoms with E-state index in [0.29, 0.717) is 18.8 Å². The highest BCUT2D eigenvalue weighted by Crippen LogP contribution is 2.21. The quantitative estimate of drug-likeness (QED) is 0.888. The van der Waals surface area contributed by atoms with Gasteiger partial charge in [0.1, 0.15) is 5.69 Å². The largest absolute Gasteiger partial charge is 0.372 e. The summed E-state index contributed by atoms with van der Waals surface area (Å²) >= 11 is 0. The van der Waals surface area contributed by atoms with Gasteiger partial charge >= 0.3 is 0 Å². The molecule has 1 aliphatic heterocycles. The predicted octanol–water partition coefficient (Wildman–Crippen LogP) is 1.75. The Balaban J connectivity index is 1.74. The lowest BCUT2D eigenvalue weighted by Gasteiger charge is -2.11. The molecule has 0 saturated carbocycles. The minimum Gasteiger partial charge on any atom is -0.372 e. The number of carbonyl (C=O) groups is 1. The van der Waals surface area contributed by atoms with Crippen molar-refractivity contribution < 1.29 is 17.9 Å². The van der Waals surface area contributed by atoms with E-state index in [-0.39, 0.29) is 17.5 Å². The Morgan fingerprint density at radius 2 is 2.04 bits per heavy atom. The van der Waals surface area contributed by atoms with Crippen LogP contribution in [0.1, 0.15) is 47.1 Å². The number of fused-ring (bicyclic) bond motifs is 1. The van der Waals surface area contributed by atoms with Crippen LogP contribution in [0.2, 0.25) is 0 Å². The fourth-order valence-corrected chi connectivity index (χ4v) is 3.75. The zero-order valence-electron chi connectivity index (χ0n) is 13.5. The molecule has 7 nitrogen and oxygen atoms in total. The summed E-state index contributed by atoms with van der Waals surface area (Å²) in [6.45, 7) is 4.78. The van der Waals surface area contributed by atoms with Crippen LogP contribution >= 0.6 is 0 Å². The monoisotopic (exact) mass is 349 g/mol. The SMILES string of the molecule is CC(C)n1nccc1C(=O)NS(=O)(=O)Cc1ccc2c(c1)COC2. The van der Waals surface area contributed by atoms with Crippen molar-refractivity contribution in [2.75, 3.05) is 0 Å². The maximum absolute atomic E-state index is 12.3. The van der Waals surface area contributed by atoms with Crippen molar-refractivity contribution in [1.29, 1.82) is 0 Å². The normalized spacial score (nSPS) is 14.0. The van der Waals surface area contributed by atoms with Crippen molar-refractivity contribution in [2.24, 2.45) is 0 Å². The van der Waals surface area contributed by atoms with Crippen LogP contribution in [-0.2, 0) is 33.7 Å². The van der Waals surface area contributed by atoms with Crippen molar-refractivity contribution in [3.05, 3.63) is 52.8 Å². The highest BCUT2D eigenvalue weighted by molar-refractivity contribution is 7.89. The summed E-state index contributed by atoms with van der Waals surface area (Å²) in [5, 5.41) is 4.04. The molecule has 1 aromatic heterocycles. The summed E-state index contributed by atoms with van der Waals surface area (Å²) in [5.41, 5.74) is 2.90. The van der Waals surface area contributed by atoms with Crippen molar-refractivity contribution in [3.8, 4) is 0 Å². The number of amides is 1. The molecule has 0 spiro atoms. The zero-order valence-corrected chi connectivity index (χ0v) is 14.3. The third kappa shape index (κ3) is 3.49. The van der Waals surface area contributed by atoms with E-state index in [9.17, 15) is 13.2 Å². The summed E-state index contributed by atoms with van der Waals surface area (Å²) < 4.78 is 33.5. The minimum absolute atomic E-state index is 0.0415. The second-order valence-corrected chi connectivity index (χ2v) is 7.76. The highest BCUT2D eigenvalue weighted by Gasteiger charge is 2.21. The molecular weight excluding hydrogens is 330 g/mol. The lowest BCUT2D eigenvalue weighted by atomic mass is 10.1. The summed E-state index contributed by atoms with van der Waals surface area (Å²) in [4.78, 5) is 12.3. The summed E-state index contributed by atoms with van der Waals surface area (Å²) in [6.07, 6.45) is 1.47. The Morgan fingerprint density at radius 3 is 2.79 bits per heavy atom. The Kier molecular flexibility index (Phi) is 4.42. The molecule has 128 valence electrons. The number of carbonyl (C=O) groups excluding carboxylic acids is 1. The van der Waals surface area contributed by atoms with Crippen LogP contribution in [0.15, 0.2) is 30.5 Å². The topological polar surface area (TPSA) is 90.3 Å². The third-order valence-electron chi connectivity index (χ3n) is 3.78. The molecule has 0 bridgehead atoms. The van der Waals surface area contributed by atoms with Crippen LogP contribution in [0.25, 0.3) is 0 Å². The molecule has 1 N–H and O–H groups in total. The Hall–Kier alpha value is -2.19. The van der Waals surface area contributed by atoms with Crippen molar-refractivity contribution in [2.45, 2.75) is 38.9 Å². The van der Waals surface area contributed by atoms with E-state index in [1.165, 1.54) is 16.9 Å². The van der Waals surface area contributed by atoms with Crippen molar-refractivity contribution in [1.82, 2.24) is 14.5 Å². The second-order valence-electron chi connectivity index (χ2n) is 6.04. The lowest BCUT2D eigenvalue weighted by Crippen LogP contribution is -2.33. The van der Waals surface area contributed by atoms with Crippen LogP contribution in [0, 0.1) is 0 Å². The van der Waals surface area contributed by atoms with E-state index in [1.807, 2.05) is 26.0 Å².